The number of alkyl halides is 1. The second-order valence-corrected chi connectivity index (χ2v) is 5.34. The van der Waals surface area contributed by atoms with E-state index in [4.69, 9.17) is 11.6 Å². The number of hydrogen-bond donors (Lipinski definition) is 1. The van der Waals surface area contributed by atoms with E-state index in [0.717, 1.165) is 6.42 Å². The van der Waals surface area contributed by atoms with Crippen LogP contribution in [0.4, 0.5) is 0 Å². The Balaban J connectivity index is 2.06. The van der Waals surface area contributed by atoms with Crippen LogP contribution in [-0.4, -0.2) is 46.4 Å². The SMILES string of the molecule is COC(=O)c1ccc(C(=O)NC2=N[C@@H](C(C)Cl)CC=C2)nn1. The van der Waals surface area contributed by atoms with Crippen LogP contribution in [0.3, 0.4) is 0 Å². The fourth-order valence-electron chi connectivity index (χ4n) is 1.80. The number of carbonyl (C=O) groups is 2. The van der Waals surface area contributed by atoms with E-state index < -0.39 is 11.9 Å². The Morgan fingerprint density at radius 1 is 1.36 bits per heavy atom. The number of rotatable bonds is 3. The summed E-state index contributed by atoms with van der Waals surface area (Å²) < 4.78 is 4.51. The molecule has 1 unspecified atom stereocenters. The maximum Gasteiger partial charge on any atom is 0.358 e. The minimum Gasteiger partial charge on any atom is -0.464 e. The first-order valence-corrected chi connectivity index (χ1v) is 7.06. The fraction of sp³-hybridized carbons (Fsp3) is 0.357. The summed E-state index contributed by atoms with van der Waals surface area (Å²) in [6, 6.07) is 2.69. The molecule has 2 rings (SSSR count). The topological polar surface area (TPSA) is 93.5 Å². The highest BCUT2D eigenvalue weighted by molar-refractivity contribution is 6.21. The molecular weight excluding hydrogens is 308 g/mol. The number of amidine groups is 1. The van der Waals surface area contributed by atoms with Gasteiger partial charge in [0.05, 0.1) is 18.5 Å². The van der Waals surface area contributed by atoms with Gasteiger partial charge in [-0.25, -0.2) is 4.79 Å². The molecule has 0 fully saturated rings. The van der Waals surface area contributed by atoms with Crippen molar-refractivity contribution >= 4 is 29.3 Å². The summed E-state index contributed by atoms with van der Waals surface area (Å²) in [5.74, 6) is -0.652. The summed E-state index contributed by atoms with van der Waals surface area (Å²) in [6.45, 7) is 1.85. The molecule has 1 aromatic rings. The molecule has 1 aliphatic heterocycles. The van der Waals surface area contributed by atoms with Crippen LogP contribution in [0.5, 0.6) is 0 Å². The highest BCUT2D eigenvalue weighted by Gasteiger charge is 2.18. The minimum atomic E-state index is -0.613. The number of esters is 1. The van der Waals surface area contributed by atoms with Crippen molar-refractivity contribution in [3.63, 3.8) is 0 Å². The van der Waals surface area contributed by atoms with E-state index in [-0.39, 0.29) is 22.8 Å². The molecular formula is C14H15ClN4O3. The van der Waals surface area contributed by atoms with Crippen molar-refractivity contribution in [3.05, 3.63) is 35.7 Å². The van der Waals surface area contributed by atoms with Gasteiger partial charge in [0.25, 0.3) is 5.91 Å². The Morgan fingerprint density at radius 2 is 2.05 bits per heavy atom. The third kappa shape index (κ3) is 3.88. The van der Waals surface area contributed by atoms with Gasteiger partial charge in [0.15, 0.2) is 11.4 Å². The number of hydrogen-bond acceptors (Lipinski definition) is 6. The smallest absolute Gasteiger partial charge is 0.358 e. The fourth-order valence-corrected chi connectivity index (χ4v) is 1.96. The average molecular weight is 323 g/mol. The maximum atomic E-state index is 12.1. The first-order valence-electron chi connectivity index (χ1n) is 6.63. The third-order valence-corrected chi connectivity index (χ3v) is 3.31. The number of carbonyl (C=O) groups excluding carboxylic acids is 2. The quantitative estimate of drug-likeness (QED) is 0.669. The lowest BCUT2D eigenvalue weighted by Crippen LogP contribution is -2.33. The first-order chi connectivity index (χ1) is 10.5. The van der Waals surface area contributed by atoms with E-state index in [1.54, 1.807) is 6.08 Å². The van der Waals surface area contributed by atoms with Crippen LogP contribution < -0.4 is 5.32 Å². The van der Waals surface area contributed by atoms with Crippen molar-refractivity contribution in [2.45, 2.75) is 24.8 Å². The van der Waals surface area contributed by atoms with E-state index in [0.29, 0.717) is 5.84 Å². The zero-order valence-electron chi connectivity index (χ0n) is 12.1. The average Bonchev–Trinajstić information content (AvgIpc) is 2.54. The second-order valence-electron chi connectivity index (χ2n) is 4.65. The van der Waals surface area contributed by atoms with Gasteiger partial charge in [-0.1, -0.05) is 6.08 Å². The number of nitrogens with one attached hydrogen (secondary N) is 1. The monoisotopic (exact) mass is 322 g/mol. The Morgan fingerprint density at radius 3 is 2.64 bits per heavy atom. The van der Waals surface area contributed by atoms with Crippen LogP contribution >= 0.6 is 11.6 Å². The molecule has 0 aliphatic carbocycles. The Kier molecular flexibility index (Phi) is 5.21. The van der Waals surface area contributed by atoms with Gasteiger partial charge in [-0.15, -0.1) is 21.8 Å². The number of aliphatic imine (C=N–C) groups is 1. The predicted octanol–water partition coefficient (Wildman–Crippen LogP) is 1.35. The van der Waals surface area contributed by atoms with Crippen molar-refractivity contribution in [3.8, 4) is 0 Å². The van der Waals surface area contributed by atoms with Gasteiger partial charge in [0.1, 0.15) is 5.84 Å². The lowest BCUT2D eigenvalue weighted by atomic mass is 10.1. The molecule has 0 saturated carbocycles. The molecule has 0 saturated heterocycles. The minimum absolute atomic E-state index is 0.0324. The number of amides is 1. The van der Waals surface area contributed by atoms with Crippen molar-refractivity contribution in [2.75, 3.05) is 7.11 Å². The molecule has 7 nitrogen and oxygen atoms in total. The lowest BCUT2D eigenvalue weighted by Gasteiger charge is -2.18. The number of aromatic nitrogens is 2. The van der Waals surface area contributed by atoms with Gasteiger partial charge in [-0.2, -0.15) is 0 Å². The molecule has 2 heterocycles. The normalized spacial score (nSPS) is 18.3. The number of halogens is 1. The van der Waals surface area contributed by atoms with E-state index >= 15 is 0 Å². The molecule has 1 amide bonds. The van der Waals surface area contributed by atoms with Gasteiger partial charge in [-0.3, -0.25) is 9.79 Å². The molecule has 22 heavy (non-hydrogen) atoms. The van der Waals surface area contributed by atoms with Crippen LogP contribution in [0.1, 0.15) is 34.3 Å². The van der Waals surface area contributed by atoms with Crippen molar-refractivity contribution in [1.82, 2.24) is 15.5 Å². The Labute approximate surface area is 132 Å². The molecule has 116 valence electrons. The summed E-state index contributed by atoms with van der Waals surface area (Å²) >= 11 is 6.02. The molecule has 8 heteroatoms. The Hall–Kier alpha value is -2.28. The Bertz CT molecular complexity index is 625. The van der Waals surface area contributed by atoms with Gasteiger partial charge < -0.3 is 10.1 Å². The van der Waals surface area contributed by atoms with Gasteiger partial charge in [0.2, 0.25) is 0 Å². The van der Waals surface area contributed by atoms with Crippen molar-refractivity contribution in [1.29, 1.82) is 0 Å². The van der Waals surface area contributed by atoms with Crippen LogP contribution in [0, 0.1) is 0 Å². The van der Waals surface area contributed by atoms with E-state index in [9.17, 15) is 9.59 Å². The molecule has 1 aliphatic rings. The molecule has 1 aromatic heterocycles. The summed E-state index contributed by atoms with van der Waals surface area (Å²) in [5, 5.41) is 9.84. The lowest BCUT2D eigenvalue weighted by molar-refractivity contribution is 0.0592. The van der Waals surface area contributed by atoms with E-state index in [1.807, 2.05) is 13.0 Å². The molecule has 0 spiro atoms. The maximum absolute atomic E-state index is 12.1. The first kappa shape index (κ1) is 16.1. The zero-order chi connectivity index (χ0) is 16.1. The summed E-state index contributed by atoms with van der Waals surface area (Å²) in [6.07, 6.45) is 4.35. The standard InChI is InChI=1S/C14H15ClN4O3/c1-8(15)9-4-3-5-12(16-9)17-13(20)10-6-7-11(19-18-10)14(21)22-2/h3,5-9H,4H2,1-2H3,(H,16,17,20)/t8?,9-/m1/s1. The van der Waals surface area contributed by atoms with E-state index in [2.05, 4.69) is 25.2 Å². The third-order valence-electron chi connectivity index (χ3n) is 3.02. The molecule has 2 atom stereocenters. The second kappa shape index (κ2) is 7.13. The molecule has 1 N–H and O–H groups in total. The molecule has 0 radical (unpaired) electrons. The highest BCUT2D eigenvalue weighted by atomic mass is 35.5. The van der Waals surface area contributed by atoms with Crippen LogP contribution in [0.25, 0.3) is 0 Å². The molecule has 0 aromatic carbocycles. The van der Waals surface area contributed by atoms with Gasteiger partial charge >= 0.3 is 5.97 Å². The van der Waals surface area contributed by atoms with Gasteiger partial charge in [0, 0.05) is 0 Å². The number of methoxy groups -OCH3 is 1. The number of ether oxygens (including phenoxy) is 1. The van der Waals surface area contributed by atoms with Crippen molar-refractivity contribution in [2.24, 2.45) is 4.99 Å². The van der Waals surface area contributed by atoms with E-state index in [1.165, 1.54) is 19.2 Å². The predicted molar refractivity (Wildman–Crippen MR) is 81.1 cm³/mol. The number of nitrogens with zero attached hydrogens (tertiary/aromatic N) is 3. The van der Waals surface area contributed by atoms with Crippen LogP contribution in [0.2, 0.25) is 0 Å². The largest absolute Gasteiger partial charge is 0.464 e. The van der Waals surface area contributed by atoms with Gasteiger partial charge in [-0.05, 0) is 31.6 Å². The summed E-state index contributed by atoms with van der Waals surface area (Å²) in [5.41, 5.74) is 0.106. The van der Waals surface area contributed by atoms with Crippen LogP contribution in [-0.2, 0) is 4.74 Å². The van der Waals surface area contributed by atoms with Crippen molar-refractivity contribution < 1.29 is 14.3 Å². The summed E-state index contributed by atoms with van der Waals surface area (Å²) in [7, 11) is 1.24. The highest BCUT2D eigenvalue weighted by Crippen LogP contribution is 2.14. The zero-order valence-corrected chi connectivity index (χ0v) is 12.9. The molecule has 0 bridgehead atoms. The number of dihydropyridines is 1. The van der Waals surface area contributed by atoms with Crippen LogP contribution in [0.15, 0.2) is 29.3 Å². The summed E-state index contributed by atoms with van der Waals surface area (Å²) in [4.78, 5) is 27.7.